The quantitative estimate of drug-likeness (QED) is 0.443. The van der Waals surface area contributed by atoms with E-state index >= 15 is 0 Å². The predicted molar refractivity (Wildman–Crippen MR) is 32.3 cm³/mol. The number of rotatable bonds is 0. The third-order valence-corrected chi connectivity index (χ3v) is 3.92. The lowest BCUT2D eigenvalue weighted by atomic mass is 10.0. The summed E-state index contributed by atoms with van der Waals surface area (Å²) >= 11 is 0. The third kappa shape index (κ3) is 0.191. The molecule has 0 aromatic heterocycles. The minimum absolute atomic E-state index is 1.14. The summed E-state index contributed by atoms with van der Waals surface area (Å²) in [6.45, 7) is 4.85. The van der Waals surface area contributed by atoms with E-state index in [0.717, 1.165) is 11.8 Å². The van der Waals surface area contributed by atoms with Crippen LogP contribution in [-0.2, 0) is 0 Å². The molecule has 0 spiro atoms. The summed E-state index contributed by atoms with van der Waals surface area (Å²) in [5.74, 6) is 7.15. The molecule has 0 saturated heterocycles. The molecule has 0 heterocycles. The van der Waals surface area contributed by atoms with Crippen LogP contribution < -0.4 is 0 Å². The van der Waals surface area contributed by atoms with Crippen LogP contribution in [0, 0.1) is 35.5 Å². The average molecular weight is 108 g/mol. The van der Waals surface area contributed by atoms with Crippen molar-refractivity contribution >= 4 is 0 Å². The molecular weight excluding hydrogens is 96.1 g/mol. The van der Waals surface area contributed by atoms with E-state index in [1.54, 1.807) is 0 Å². The minimum Gasteiger partial charge on any atom is -0.0619 e. The van der Waals surface area contributed by atoms with Gasteiger partial charge in [-0.15, -0.1) is 0 Å². The molecule has 0 nitrogen and oxygen atoms in total. The highest BCUT2D eigenvalue weighted by Crippen LogP contribution is 2.82. The van der Waals surface area contributed by atoms with Crippen LogP contribution in [0.2, 0.25) is 0 Å². The van der Waals surface area contributed by atoms with E-state index in [4.69, 9.17) is 0 Å². The molecule has 0 aliphatic heterocycles. The maximum atomic E-state index is 2.42. The van der Waals surface area contributed by atoms with Gasteiger partial charge in [0, 0.05) is 0 Å². The first kappa shape index (κ1) is 3.92. The highest BCUT2D eigenvalue weighted by atomic mass is 14.8. The van der Waals surface area contributed by atoms with Gasteiger partial charge in [0.2, 0.25) is 0 Å². The number of fused-ring (bicyclic) bond motifs is 4. The van der Waals surface area contributed by atoms with Crippen molar-refractivity contribution in [3.63, 3.8) is 0 Å². The molecule has 0 atom stereocenters. The maximum absolute atomic E-state index is 2.42. The Hall–Kier alpha value is 0. The Morgan fingerprint density at radius 1 is 0.625 bits per heavy atom. The van der Waals surface area contributed by atoms with Crippen LogP contribution >= 0.6 is 0 Å². The van der Waals surface area contributed by atoms with Gasteiger partial charge in [-0.05, 0) is 35.5 Å². The van der Waals surface area contributed by atoms with Gasteiger partial charge in [0.1, 0.15) is 0 Å². The lowest BCUT2D eigenvalue weighted by Gasteiger charge is -2.03. The molecule has 8 heavy (non-hydrogen) atoms. The Balaban J connectivity index is 1.90. The van der Waals surface area contributed by atoms with Crippen LogP contribution in [0.15, 0.2) is 0 Å². The SMILES string of the molecule is CC1C2C1C1C(C)C21. The van der Waals surface area contributed by atoms with Gasteiger partial charge in [-0.1, -0.05) is 13.8 Å². The number of hydrogen-bond donors (Lipinski definition) is 0. The fraction of sp³-hybridized carbons (Fsp3) is 1.00. The summed E-state index contributed by atoms with van der Waals surface area (Å²) in [5, 5.41) is 0. The molecule has 0 N–H and O–H groups in total. The summed E-state index contributed by atoms with van der Waals surface area (Å²) in [6.07, 6.45) is 0. The van der Waals surface area contributed by atoms with Crippen molar-refractivity contribution in [2.24, 2.45) is 35.5 Å². The molecule has 0 aromatic carbocycles. The van der Waals surface area contributed by atoms with Crippen LogP contribution in [0.5, 0.6) is 0 Å². The maximum Gasteiger partial charge on any atom is -0.0318 e. The van der Waals surface area contributed by atoms with Crippen LogP contribution in [0.25, 0.3) is 0 Å². The van der Waals surface area contributed by atoms with Crippen molar-refractivity contribution in [1.82, 2.24) is 0 Å². The lowest BCUT2D eigenvalue weighted by molar-refractivity contribution is 0.434. The molecule has 0 radical (unpaired) electrons. The highest BCUT2D eigenvalue weighted by Gasteiger charge is 2.78. The van der Waals surface area contributed by atoms with Gasteiger partial charge in [0.25, 0.3) is 0 Å². The first-order valence-corrected chi connectivity index (χ1v) is 3.82. The van der Waals surface area contributed by atoms with Crippen LogP contribution in [0.4, 0.5) is 0 Å². The zero-order valence-electron chi connectivity index (χ0n) is 5.46. The Morgan fingerprint density at radius 2 is 0.875 bits per heavy atom. The molecule has 0 unspecified atom stereocenters. The first-order chi connectivity index (χ1) is 3.82. The summed E-state index contributed by atoms with van der Waals surface area (Å²) in [6, 6.07) is 0. The number of hydrogen-bond acceptors (Lipinski definition) is 0. The smallest absolute Gasteiger partial charge is 0.0318 e. The molecule has 3 aliphatic carbocycles. The third-order valence-electron chi connectivity index (χ3n) is 3.92. The van der Waals surface area contributed by atoms with Gasteiger partial charge in [-0.25, -0.2) is 0 Å². The summed E-state index contributed by atoms with van der Waals surface area (Å²) in [4.78, 5) is 0. The second-order valence-corrected chi connectivity index (χ2v) is 4.03. The molecule has 0 amide bonds. The lowest BCUT2D eigenvalue weighted by Crippen LogP contribution is -2.00. The van der Waals surface area contributed by atoms with E-state index in [9.17, 15) is 0 Å². The van der Waals surface area contributed by atoms with E-state index < -0.39 is 0 Å². The fourth-order valence-electron chi connectivity index (χ4n) is 3.33. The molecule has 3 aliphatic rings. The topological polar surface area (TPSA) is 0 Å². The van der Waals surface area contributed by atoms with Crippen LogP contribution in [0.3, 0.4) is 0 Å². The molecule has 0 heteroatoms. The second kappa shape index (κ2) is 0.778. The summed E-state index contributed by atoms with van der Waals surface area (Å²) in [7, 11) is 0. The normalized spacial score (nSPS) is 81.8. The molecule has 3 rings (SSSR count). The fourth-order valence-corrected chi connectivity index (χ4v) is 3.33. The molecular formula is C8H12. The average Bonchev–Trinajstić information content (AvgIpc) is 2.20. The summed E-state index contributed by atoms with van der Waals surface area (Å²) in [5.41, 5.74) is 0. The zero-order chi connectivity index (χ0) is 5.46. The first-order valence-electron chi connectivity index (χ1n) is 3.82. The van der Waals surface area contributed by atoms with Gasteiger partial charge in [-0.2, -0.15) is 0 Å². The van der Waals surface area contributed by atoms with Gasteiger partial charge >= 0.3 is 0 Å². The second-order valence-electron chi connectivity index (χ2n) is 4.03. The Labute approximate surface area is 50.3 Å². The van der Waals surface area contributed by atoms with Crippen molar-refractivity contribution in [2.45, 2.75) is 13.8 Å². The Kier molecular flexibility index (Phi) is 0.381. The Morgan fingerprint density at radius 3 is 1.12 bits per heavy atom. The van der Waals surface area contributed by atoms with Crippen LogP contribution in [0.1, 0.15) is 13.8 Å². The van der Waals surface area contributed by atoms with E-state index in [2.05, 4.69) is 13.8 Å². The van der Waals surface area contributed by atoms with Crippen molar-refractivity contribution in [3.05, 3.63) is 0 Å². The minimum atomic E-state index is 1.14. The van der Waals surface area contributed by atoms with E-state index in [1.165, 1.54) is 23.7 Å². The largest absolute Gasteiger partial charge is 0.0619 e. The van der Waals surface area contributed by atoms with Gasteiger partial charge in [0.15, 0.2) is 0 Å². The van der Waals surface area contributed by atoms with Crippen LogP contribution in [-0.4, -0.2) is 0 Å². The monoisotopic (exact) mass is 108 g/mol. The molecule has 3 fully saturated rings. The van der Waals surface area contributed by atoms with Gasteiger partial charge < -0.3 is 0 Å². The standard InChI is InChI=1S/C8H12/c1-3-5-6(3)8-4(2)7(5)8/h3-8H,1-2H3. The molecule has 0 bridgehead atoms. The molecule has 3 saturated carbocycles. The predicted octanol–water partition coefficient (Wildman–Crippen LogP) is 1.76. The zero-order valence-corrected chi connectivity index (χ0v) is 5.46. The van der Waals surface area contributed by atoms with Crippen molar-refractivity contribution in [2.75, 3.05) is 0 Å². The van der Waals surface area contributed by atoms with Gasteiger partial charge in [-0.3, -0.25) is 0 Å². The van der Waals surface area contributed by atoms with E-state index in [1.807, 2.05) is 0 Å². The van der Waals surface area contributed by atoms with Crippen molar-refractivity contribution in [1.29, 1.82) is 0 Å². The molecule has 0 aromatic rings. The highest BCUT2D eigenvalue weighted by molar-refractivity contribution is 5.25. The van der Waals surface area contributed by atoms with Crippen molar-refractivity contribution < 1.29 is 0 Å². The Bertz CT molecular complexity index is 108. The van der Waals surface area contributed by atoms with Gasteiger partial charge in [0.05, 0.1) is 0 Å². The summed E-state index contributed by atoms with van der Waals surface area (Å²) < 4.78 is 0. The van der Waals surface area contributed by atoms with Crippen molar-refractivity contribution in [3.8, 4) is 0 Å². The molecule has 44 valence electrons. The van der Waals surface area contributed by atoms with E-state index in [0.29, 0.717) is 0 Å². The van der Waals surface area contributed by atoms with E-state index in [-0.39, 0.29) is 0 Å².